The molecule has 0 spiro atoms. The number of carbonyl (C=O) groups is 3. The summed E-state index contributed by atoms with van der Waals surface area (Å²) < 4.78 is 5.41. The van der Waals surface area contributed by atoms with E-state index >= 15 is 0 Å². The molecule has 0 aromatic heterocycles. The van der Waals surface area contributed by atoms with Crippen molar-refractivity contribution in [1.29, 1.82) is 0 Å². The Morgan fingerprint density at radius 1 is 0.947 bits per heavy atom. The van der Waals surface area contributed by atoms with Gasteiger partial charge in [0.05, 0.1) is 18.7 Å². The Kier molecular flexibility index (Phi) is 8.74. The molecule has 0 fully saturated rings. The molecule has 6 nitrogen and oxygen atoms in total. The first kappa shape index (κ1) is 26.9. The molecule has 196 valence electrons. The van der Waals surface area contributed by atoms with Gasteiger partial charge in [-0.1, -0.05) is 66.7 Å². The van der Waals surface area contributed by atoms with Crippen LogP contribution in [0.25, 0.3) is 0 Å². The lowest BCUT2D eigenvalue weighted by atomic mass is 9.81. The van der Waals surface area contributed by atoms with E-state index in [1.165, 1.54) is 0 Å². The number of rotatable bonds is 9. The van der Waals surface area contributed by atoms with Crippen molar-refractivity contribution in [2.24, 2.45) is 0 Å². The summed E-state index contributed by atoms with van der Waals surface area (Å²) in [5, 5.41) is 2.97. The van der Waals surface area contributed by atoms with Gasteiger partial charge in [0.25, 0.3) is 5.91 Å². The second-order valence-electron chi connectivity index (χ2n) is 9.50. The molecule has 1 atom stereocenters. The zero-order chi connectivity index (χ0) is 27.1. The van der Waals surface area contributed by atoms with Gasteiger partial charge in [0.15, 0.2) is 0 Å². The first-order valence-electron chi connectivity index (χ1n) is 13.0. The molecular weight excluding hydrogens is 476 g/mol. The molecule has 38 heavy (non-hydrogen) atoms. The van der Waals surface area contributed by atoms with Crippen LogP contribution in [0, 0.1) is 6.92 Å². The number of ether oxygens (including phenoxy) is 1. The zero-order valence-electron chi connectivity index (χ0n) is 22.2. The minimum absolute atomic E-state index is 0.0680. The lowest BCUT2D eigenvalue weighted by Gasteiger charge is -2.35. The molecular formula is C32H34N2O4. The Balaban J connectivity index is 1.54. The third-order valence-corrected chi connectivity index (χ3v) is 6.95. The maximum atomic E-state index is 13.4. The minimum Gasteiger partial charge on any atom is -0.463 e. The van der Waals surface area contributed by atoms with Crippen molar-refractivity contribution in [2.45, 2.75) is 46.1 Å². The molecule has 3 aromatic rings. The SMILES string of the molecule is CCOC(=O)C1=C(C)N(Cc2cccc(C(=O)NCCc3ccccc3)c2)C(=O)C[C@H]1c1ccccc1C. The molecule has 2 amide bonds. The van der Waals surface area contributed by atoms with Crippen LogP contribution in [0.3, 0.4) is 0 Å². The summed E-state index contributed by atoms with van der Waals surface area (Å²) in [6, 6.07) is 25.1. The molecule has 0 unspecified atom stereocenters. The second-order valence-corrected chi connectivity index (χ2v) is 9.50. The Hall–Kier alpha value is -4.19. The van der Waals surface area contributed by atoms with Gasteiger partial charge in [-0.05, 0) is 61.6 Å². The Bertz CT molecular complexity index is 1350. The fourth-order valence-corrected chi connectivity index (χ4v) is 4.98. The third-order valence-electron chi connectivity index (χ3n) is 6.95. The smallest absolute Gasteiger partial charge is 0.336 e. The van der Waals surface area contributed by atoms with Crippen molar-refractivity contribution in [2.75, 3.05) is 13.2 Å². The van der Waals surface area contributed by atoms with Gasteiger partial charge in [0, 0.05) is 30.1 Å². The molecule has 0 bridgehead atoms. The fraction of sp³-hybridized carbons (Fsp3) is 0.281. The number of hydrogen-bond donors (Lipinski definition) is 1. The van der Waals surface area contributed by atoms with E-state index in [4.69, 9.17) is 4.74 Å². The van der Waals surface area contributed by atoms with Crippen LogP contribution in [-0.2, 0) is 27.3 Å². The molecule has 1 N–H and O–H groups in total. The van der Waals surface area contributed by atoms with Crippen molar-refractivity contribution < 1.29 is 19.1 Å². The van der Waals surface area contributed by atoms with Crippen LogP contribution in [0.5, 0.6) is 0 Å². The maximum Gasteiger partial charge on any atom is 0.336 e. The van der Waals surface area contributed by atoms with Crippen LogP contribution in [-0.4, -0.2) is 35.8 Å². The number of carbonyl (C=O) groups excluding carboxylic acids is 3. The van der Waals surface area contributed by atoms with Crippen molar-refractivity contribution in [3.63, 3.8) is 0 Å². The molecule has 6 heteroatoms. The number of esters is 1. The highest BCUT2D eigenvalue weighted by Crippen LogP contribution is 2.38. The van der Waals surface area contributed by atoms with Gasteiger partial charge in [-0.15, -0.1) is 0 Å². The number of nitrogens with one attached hydrogen (secondary N) is 1. The number of hydrogen-bond acceptors (Lipinski definition) is 4. The van der Waals surface area contributed by atoms with Crippen LogP contribution in [0.1, 0.15) is 58.8 Å². The van der Waals surface area contributed by atoms with E-state index < -0.39 is 5.97 Å². The quantitative estimate of drug-likeness (QED) is 0.395. The van der Waals surface area contributed by atoms with Crippen molar-refractivity contribution in [1.82, 2.24) is 10.2 Å². The third kappa shape index (κ3) is 6.20. The number of aryl methyl sites for hydroxylation is 1. The van der Waals surface area contributed by atoms with Crippen LogP contribution in [0.2, 0.25) is 0 Å². The van der Waals surface area contributed by atoms with Crippen molar-refractivity contribution >= 4 is 17.8 Å². The van der Waals surface area contributed by atoms with Gasteiger partial charge in [0.2, 0.25) is 5.91 Å². The molecule has 0 saturated carbocycles. The maximum absolute atomic E-state index is 13.4. The molecule has 0 radical (unpaired) electrons. The number of benzene rings is 3. The van der Waals surface area contributed by atoms with Crippen LogP contribution >= 0.6 is 0 Å². The van der Waals surface area contributed by atoms with E-state index in [2.05, 4.69) is 5.32 Å². The van der Waals surface area contributed by atoms with Crippen LogP contribution < -0.4 is 5.32 Å². The summed E-state index contributed by atoms with van der Waals surface area (Å²) >= 11 is 0. The van der Waals surface area contributed by atoms with E-state index in [1.54, 1.807) is 30.9 Å². The summed E-state index contributed by atoms with van der Waals surface area (Å²) in [7, 11) is 0. The molecule has 1 aliphatic rings. The topological polar surface area (TPSA) is 75.7 Å². The Morgan fingerprint density at radius 2 is 1.66 bits per heavy atom. The monoisotopic (exact) mass is 510 g/mol. The highest BCUT2D eigenvalue weighted by atomic mass is 16.5. The Morgan fingerprint density at radius 3 is 2.39 bits per heavy atom. The van der Waals surface area contributed by atoms with E-state index in [1.807, 2.05) is 73.7 Å². The molecule has 3 aromatic carbocycles. The highest BCUT2D eigenvalue weighted by molar-refractivity contribution is 5.96. The van der Waals surface area contributed by atoms with Crippen molar-refractivity contribution in [3.05, 3.63) is 118 Å². The summed E-state index contributed by atoms with van der Waals surface area (Å²) in [4.78, 5) is 40.9. The number of nitrogens with zero attached hydrogens (tertiary/aromatic N) is 1. The van der Waals surface area contributed by atoms with Gasteiger partial charge in [-0.3, -0.25) is 9.59 Å². The molecule has 0 saturated heterocycles. The van der Waals surface area contributed by atoms with Gasteiger partial charge >= 0.3 is 5.97 Å². The van der Waals surface area contributed by atoms with E-state index in [0.29, 0.717) is 23.4 Å². The van der Waals surface area contributed by atoms with Crippen molar-refractivity contribution in [3.8, 4) is 0 Å². The lowest BCUT2D eigenvalue weighted by Crippen LogP contribution is -2.38. The summed E-state index contributed by atoms with van der Waals surface area (Å²) in [5.74, 6) is -0.989. The average molecular weight is 511 g/mol. The first-order chi connectivity index (χ1) is 18.4. The largest absolute Gasteiger partial charge is 0.463 e. The van der Waals surface area contributed by atoms with Gasteiger partial charge in [-0.25, -0.2) is 4.79 Å². The lowest BCUT2D eigenvalue weighted by molar-refractivity contribution is -0.140. The number of allylic oxidation sites excluding steroid dienone is 1. The standard InChI is InChI=1S/C32H34N2O4/c1-4-38-32(37)30-23(3)34(29(35)20-28(30)27-16-9-8-11-22(27)2)21-25-14-10-15-26(19-25)31(36)33-18-17-24-12-6-5-7-13-24/h5-16,19,28H,4,17-18,20-21H2,1-3H3,(H,33,36)/t28-/m0/s1. The van der Waals surface area contributed by atoms with Crippen LogP contribution in [0.15, 0.2) is 90.1 Å². The summed E-state index contributed by atoms with van der Waals surface area (Å²) in [6.45, 7) is 6.61. The Labute approximate surface area is 224 Å². The van der Waals surface area contributed by atoms with Gasteiger partial charge in [-0.2, -0.15) is 0 Å². The first-order valence-corrected chi connectivity index (χ1v) is 13.0. The predicted octanol–water partition coefficient (Wildman–Crippen LogP) is 5.32. The molecule has 4 rings (SSSR count). The molecule has 0 aliphatic carbocycles. The number of amides is 2. The van der Waals surface area contributed by atoms with Crippen LogP contribution in [0.4, 0.5) is 0 Å². The fourth-order valence-electron chi connectivity index (χ4n) is 4.98. The normalized spacial score (nSPS) is 15.4. The molecule has 1 heterocycles. The van der Waals surface area contributed by atoms with Gasteiger partial charge in [0.1, 0.15) is 0 Å². The minimum atomic E-state index is -0.401. The van der Waals surface area contributed by atoms with E-state index in [-0.39, 0.29) is 37.3 Å². The predicted molar refractivity (Wildman–Crippen MR) is 147 cm³/mol. The zero-order valence-corrected chi connectivity index (χ0v) is 22.2. The average Bonchev–Trinajstić information content (AvgIpc) is 2.92. The van der Waals surface area contributed by atoms with E-state index in [0.717, 1.165) is 28.7 Å². The summed E-state index contributed by atoms with van der Waals surface area (Å²) in [6.07, 6.45) is 0.924. The van der Waals surface area contributed by atoms with Gasteiger partial charge < -0.3 is 15.0 Å². The highest BCUT2D eigenvalue weighted by Gasteiger charge is 2.37. The molecule has 1 aliphatic heterocycles. The van der Waals surface area contributed by atoms with E-state index in [9.17, 15) is 14.4 Å². The summed E-state index contributed by atoms with van der Waals surface area (Å²) in [5.41, 5.74) is 5.59. The second kappa shape index (κ2) is 12.4.